The molecular weight excluding hydrogens is 272 g/mol. The fourth-order valence-electron chi connectivity index (χ4n) is 3.11. The molecule has 0 saturated heterocycles. The maximum absolute atomic E-state index is 9.05. The highest BCUT2D eigenvalue weighted by Crippen LogP contribution is 2.23. The molecule has 1 heterocycles. The van der Waals surface area contributed by atoms with Crippen molar-refractivity contribution in [2.75, 3.05) is 0 Å². The van der Waals surface area contributed by atoms with Crippen molar-refractivity contribution in [2.24, 2.45) is 5.92 Å². The zero-order valence-corrected chi connectivity index (χ0v) is 12.8. The molecule has 0 amide bonds. The van der Waals surface area contributed by atoms with Gasteiger partial charge in [0.1, 0.15) is 0 Å². The largest absolute Gasteiger partial charge is 0.333 e. The van der Waals surface area contributed by atoms with E-state index in [1.165, 1.54) is 24.0 Å². The molecule has 0 aliphatic heterocycles. The molecule has 0 bridgehead atoms. The summed E-state index contributed by atoms with van der Waals surface area (Å²) >= 11 is 0. The SMILES string of the molecule is N#C[C@H]1CCC[C@H](NCc2ccc(Cn3ccnc3)cc2)C1. The average Bonchev–Trinajstić information content (AvgIpc) is 3.07. The summed E-state index contributed by atoms with van der Waals surface area (Å²) in [5.74, 6) is 0.240. The summed E-state index contributed by atoms with van der Waals surface area (Å²) in [6.07, 6.45) is 10.0. The minimum absolute atomic E-state index is 0.240. The predicted molar refractivity (Wildman–Crippen MR) is 86.0 cm³/mol. The summed E-state index contributed by atoms with van der Waals surface area (Å²) < 4.78 is 2.07. The summed E-state index contributed by atoms with van der Waals surface area (Å²) in [6.45, 7) is 1.74. The Bertz CT molecular complexity index is 610. The minimum Gasteiger partial charge on any atom is -0.333 e. The minimum atomic E-state index is 0.240. The Morgan fingerprint density at radius 1 is 1.23 bits per heavy atom. The van der Waals surface area contributed by atoms with Crippen molar-refractivity contribution in [1.29, 1.82) is 5.26 Å². The zero-order chi connectivity index (χ0) is 15.2. The van der Waals surface area contributed by atoms with Gasteiger partial charge in [0.25, 0.3) is 0 Å². The molecule has 114 valence electrons. The van der Waals surface area contributed by atoms with Gasteiger partial charge in [-0.1, -0.05) is 30.7 Å². The first kappa shape index (κ1) is 14.8. The summed E-state index contributed by atoms with van der Waals surface area (Å²) in [5, 5.41) is 12.6. The Labute approximate surface area is 131 Å². The van der Waals surface area contributed by atoms with Gasteiger partial charge in [0, 0.05) is 37.4 Å². The molecule has 2 atom stereocenters. The Morgan fingerprint density at radius 3 is 2.77 bits per heavy atom. The third-order valence-corrected chi connectivity index (χ3v) is 4.40. The first-order valence-corrected chi connectivity index (χ1v) is 8.00. The van der Waals surface area contributed by atoms with E-state index in [4.69, 9.17) is 5.26 Å². The second kappa shape index (κ2) is 7.24. The average molecular weight is 294 g/mol. The van der Waals surface area contributed by atoms with Crippen molar-refractivity contribution in [3.8, 4) is 6.07 Å². The molecule has 0 radical (unpaired) electrons. The van der Waals surface area contributed by atoms with E-state index in [1.54, 1.807) is 6.20 Å². The lowest BCUT2D eigenvalue weighted by Crippen LogP contribution is -2.33. The predicted octanol–water partition coefficient (Wildman–Crippen LogP) is 3.10. The molecule has 1 aliphatic carbocycles. The molecule has 2 aromatic rings. The lowest BCUT2D eigenvalue weighted by atomic mass is 9.86. The second-order valence-electron chi connectivity index (χ2n) is 6.12. The molecule has 1 saturated carbocycles. The van der Waals surface area contributed by atoms with Crippen molar-refractivity contribution < 1.29 is 0 Å². The highest BCUT2D eigenvalue weighted by atomic mass is 15.0. The van der Waals surface area contributed by atoms with E-state index < -0.39 is 0 Å². The number of rotatable bonds is 5. The quantitative estimate of drug-likeness (QED) is 0.922. The van der Waals surface area contributed by atoms with E-state index in [1.807, 2.05) is 12.5 Å². The van der Waals surface area contributed by atoms with Gasteiger partial charge in [-0.25, -0.2) is 4.98 Å². The zero-order valence-electron chi connectivity index (χ0n) is 12.8. The topological polar surface area (TPSA) is 53.6 Å². The molecule has 1 fully saturated rings. The number of hydrogen-bond donors (Lipinski definition) is 1. The molecule has 0 spiro atoms. The molecule has 1 N–H and O–H groups in total. The first-order valence-electron chi connectivity index (χ1n) is 8.00. The fourth-order valence-corrected chi connectivity index (χ4v) is 3.11. The van der Waals surface area contributed by atoms with Crippen LogP contribution < -0.4 is 5.32 Å². The Kier molecular flexibility index (Phi) is 4.87. The monoisotopic (exact) mass is 294 g/mol. The number of imidazole rings is 1. The van der Waals surface area contributed by atoms with Crippen LogP contribution in [0.1, 0.15) is 36.8 Å². The van der Waals surface area contributed by atoms with Crippen LogP contribution in [0.2, 0.25) is 0 Å². The van der Waals surface area contributed by atoms with Crippen LogP contribution in [0.3, 0.4) is 0 Å². The van der Waals surface area contributed by atoms with E-state index >= 15 is 0 Å². The van der Waals surface area contributed by atoms with E-state index in [9.17, 15) is 0 Å². The van der Waals surface area contributed by atoms with Gasteiger partial charge in [-0.15, -0.1) is 0 Å². The van der Waals surface area contributed by atoms with Crippen LogP contribution in [0.5, 0.6) is 0 Å². The summed E-state index contributed by atoms with van der Waals surface area (Å²) in [7, 11) is 0. The van der Waals surface area contributed by atoms with Crippen LogP contribution in [0.4, 0.5) is 0 Å². The Morgan fingerprint density at radius 2 is 2.05 bits per heavy atom. The van der Waals surface area contributed by atoms with Crippen LogP contribution in [-0.2, 0) is 13.1 Å². The van der Waals surface area contributed by atoms with Gasteiger partial charge in [-0.2, -0.15) is 5.26 Å². The number of nitrogens with one attached hydrogen (secondary N) is 1. The first-order chi connectivity index (χ1) is 10.8. The number of hydrogen-bond acceptors (Lipinski definition) is 3. The number of aromatic nitrogens is 2. The standard InChI is InChI=1S/C18H22N4/c19-11-17-2-1-3-18(10-17)21-12-15-4-6-16(7-5-15)13-22-9-8-20-14-22/h4-9,14,17-18,21H,1-3,10,12-13H2/t17-,18-/m0/s1. The van der Waals surface area contributed by atoms with E-state index in [0.717, 1.165) is 25.9 Å². The van der Waals surface area contributed by atoms with Crippen molar-refractivity contribution in [3.05, 3.63) is 54.1 Å². The van der Waals surface area contributed by atoms with Crippen molar-refractivity contribution >= 4 is 0 Å². The molecule has 4 heteroatoms. The van der Waals surface area contributed by atoms with E-state index in [0.29, 0.717) is 6.04 Å². The van der Waals surface area contributed by atoms with Gasteiger partial charge in [0.2, 0.25) is 0 Å². The number of nitriles is 1. The van der Waals surface area contributed by atoms with Crippen LogP contribution in [0.25, 0.3) is 0 Å². The summed E-state index contributed by atoms with van der Waals surface area (Å²) in [6, 6.07) is 11.6. The van der Waals surface area contributed by atoms with Gasteiger partial charge in [-0.05, 0) is 30.4 Å². The van der Waals surface area contributed by atoms with Crippen molar-refractivity contribution in [3.63, 3.8) is 0 Å². The highest BCUT2D eigenvalue weighted by Gasteiger charge is 2.20. The number of benzene rings is 1. The molecule has 3 rings (SSSR count). The van der Waals surface area contributed by atoms with E-state index in [2.05, 4.69) is 45.2 Å². The molecule has 1 aromatic carbocycles. The Balaban J connectivity index is 1.50. The van der Waals surface area contributed by atoms with Gasteiger partial charge in [0.05, 0.1) is 12.4 Å². The van der Waals surface area contributed by atoms with Gasteiger partial charge in [-0.3, -0.25) is 0 Å². The van der Waals surface area contributed by atoms with Crippen LogP contribution >= 0.6 is 0 Å². The lowest BCUT2D eigenvalue weighted by molar-refractivity contribution is 0.327. The summed E-state index contributed by atoms with van der Waals surface area (Å²) in [4.78, 5) is 4.06. The second-order valence-corrected chi connectivity index (χ2v) is 6.12. The molecule has 22 heavy (non-hydrogen) atoms. The fraction of sp³-hybridized carbons (Fsp3) is 0.444. The Hall–Kier alpha value is -2.12. The van der Waals surface area contributed by atoms with Gasteiger partial charge in [0.15, 0.2) is 0 Å². The molecular formula is C18H22N4. The lowest BCUT2D eigenvalue weighted by Gasteiger charge is -2.26. The van der Waals surface area contributed by atoms with Gasteiger partial charge >= 0.3 is 0 Å². The van der Waals surface area contributed by atoms with E-state index in [-0.39, 0.29) is 5.92 Å². The van der Waals surface area contributed by atoms with Crippen LogP contribution in [-0.4, -0.2) is 15.6 Å². The molecule has 4 nitrogen and oxygen atoms in total. The van der Waals surface area contributed by atoms with Crippen LogP contribution in [0, 0.1) is 17.2 Å². The highest BCUT2D eigenvalue weighted by molar-refractivity contribution is 5.22. The molecule has 1 aromatic heterocycles. The van der Waals surface area contributed by atoms with Crippen LogP contribution in [0.15, 0.2) is 43.0 Å². The number of nitrogens with zero attached hydrogens (tertiary/aromatic N) is 3. The molecule has 1 aliphatic rings. The third-order valence-electron chi connectivity index (χ3n) is 4.40. The smallest absolute Gasteiger partial charge is 0.0949 e. The van der Waals surface area contributed by atoms with Crippen molar-refractivity contribution in [2.45, 2.75) is 44.8 Å². The third kappa shape index (κ3) is 3.96. The van der Waals surface area contributed by atoms with Gasteiger partial charge < -0.3 is 9.88 Å². The maximum atomic E-state index is 9.05. The van der Waals surface area contributed by atoms with Crippen molar-refractivity contribution in [1.82, 2.24) is 14.9 Å². The summed E-state index contributed by atoms with van der Waals surface area (Å²) in [5.41, 5.74) is 2.58. The normalized spacial score (nSPS) is 21.4. The molecule has 0 unspecified atom stereocenters. The maximum Gasteiger partial charge on any atom is 0.0949 e.